The molecule has 3 aliphatic carbocycles. The third-order valence-corrected chi connectivity index (χ3v) is 11.3. The van der Waals surface area contributed by atoms with Gasteiger partial charge in [-0.15, -0.1) is 10.1 Å². The van der Waals surface area contributed by atoms with E-state index in [4.69, 9.17) is 9.47 Å². The first-order valence-electron chi connectivity index (χ1n) is 20.2. The minimum atomic E-state index is -0.481. The molecule has 0 aromatic heterocycles. The van der Waals surface area contributed by atoms with Crippen LogP contribution in [0, 0.1) is 17.8 Å². The van der Waals surface area contributed by atoms with Gasteiger partial charge in [-0.05, 0) is 70.6 Å². The summed E-state index contributed by atoms with van der Waals surface area (Å²) in [6.45, 7) is 10.5. The number of hydrogen-bond acceptors (Lipinski definition) is 9. The molecule has 54 heavy (non-hydrogen) atoms. The fraction of sp³-hybridized carbons (Fsp3) is 0.619. The third kappa shape index (κ3) is 9.06. The Labute approximate surface area is 319 Å². The van der Waals surface area contributed by atoms with Crippen LogP contribution in [0.4, 0.5) is 11.4 Å². The van der Waals surface area contributed by atoms with Gasteiger partial charge in [0.15, 0.2) is 0 Å². The molecular formula is C42H59N4O8+. The summed E-state index contributed by atoms with van der Waals surface area (Å²) in [4.78, 5) is 68.5. The van der Waals surface area contributed by atoms with E-state index in [1.807, 2.05) is 32.6 Å². The summed E-state index contributed by atoms with van der Waals surface area (Å²) in [6.07, 6.45) is 11.0. The molecule has 3 N–H and O–H groups in total. The highest BCUT2D eigenvalue weighted by atomic mass is 16.5. The molecule has 12 heteroatoms. The number of rotatable bonds is 18. The van der Waals surface area contributed by atoms with Crippen molar-refractivity contribution < 1.29 is 43.7 Å². The zero-order valence-electron chi connectivity index (χ0n) is 32.8. The quantitative estimate of drug-likeness (QED) is 0.133. The summed E-state index contributed by atoms with van der Waals surface area (Å²) in [5.41, 5.74) is 2.03. The summed E-state index contributed by atoms with van der Waals surface area (Å²) in [6, 6.07) is 5.04. The highest BCUT2D eigenvalue weighted by Gasteiger charge is 2.47. The van der Waals surface area contributed by atoms with E-state index in [0.29, 0.717) is 55.0 Å². The second-order valence-electron chi connectivity index (χ2n) is 15.3. The van der Waals surface area contributed by atoms with Crippen LogP contribution in [0.5, 0.6) is 0 Å². The summed E-state index contributed by atoms with van der Waals surface area (Å²) < 4.78 is 11.4. The molecule has 0 radical (unpaired) electrons. The predicted octanol–water partition coefficient (Wildman–Crippen LogP) is 5.36. The molecule has 0 bridgehead atoms. The number of unbranched alkanes of at least 4 members (excludes halogenated alkanes) is 1. The maximum absolute atomic E-state index is 14.0. The maximum Gasteiger partial charge on any atom is 0.315 e. The highest BCUT2D eigenvalue weighted by molar-refractivity contribution is 6.44. The number of benzene rings is 1. The number of hydrogen-bond donors (Lipinski definition) is 3. The van der Waals surface area contributed by atoms with Gasteiger partial charge in [-0.3, -0.25) is 24.0 Å². The van der Waals surface area contributed by atoms with Crippen LogP contribution in [0.15, 0.2) is 35.1 Å². The Morgan fingerprint density at radius 1 is 0.907 bits per heavy atom. The first-order chi connectivity index (χ1) is 26.0. The number of allylic oxidation sites excluding steroid dienone is 2. The van der Waals surface area contributed by atoms with Gasteiger partial charge in [0.1, 0.15) is 24.5 Å². The molecule has 4 aliphatic rings. The van der Waals surface area contributed by atoms with Crippen LogP contribution in [-0.4, -0.2) is 77.7 Å². The Bertz CT molecular complexity index is 1650. The average molecular weight is 748 g/mol. The number of aliphatic hydroxyl groups excluding tert-OH is 1. The third-order valence-electron chi connectivity index (χ3n) is 11.3. The van der Waals surface area contributed by atoms with Gasteiger partial charge >= 0.3 is 17.8 Å². The van der Waals surface area contributed by atoms with Gasteiger partial charge in [0, 0.05) is 23.6 Å². The Balaban J connectivity index is 1.48. The van der Waals surface area contributed by atoms with Crippen molar-refractivity contribution in [2.75, 3.05) is 36.5 Å². The van der Waals surface area contributed by atoms with E-state index in [9.17, 15) is 29.1 Å². The molecule has 1 aliphatic heterocycles. The number of aliphatic hydroxyl groups is 1. The summed E-state index contributed by atoms with van der Waals surface area (Å²) in [5.74, 6) is -2.17. The van der Waals surface area contributed by atoms with E-state index in [2.05, 4.69) is 17.3 Å². The number of carbonyl (C=O) groups excluding carboxylic acids is 5. The largest absolute Gasteiger partial charge is 0.506 e. The predicted molar refractivity (Wildman–Crippen MR) is 206 cm³/mol. The number of amides is 2. The lowest BCUT2D eigenvalue weighted by molar-refractivity contribution is -0.624. The Morgan fingerprint density at radius 2 is 1.50 bits per heavy atom. The molecule has 0 saturated heterocycles. The highest BCUT2D eigenvalue weighted by Crippen LogP contribution is 2.43. The van der Waals surface area contributed by atoms with E-state index in [1.165, 1.54) is 5.01 Å². The van der Waals surface area contributed by atoms with Crippen molar-refractivity contribution in [3.05, 3.63) is 40.7 Å². The monoisotopic (exact) mass is 747 g/mol. The molecule has 12 nitrogen and oxygen atoms in total. The zero-order chi connectivity index (χ0) is 38.9. The van der Waals surface area contributed by atoms with Crippen LogP contribution in [0.3, 0.4) is 0 Å². The van der Waals surface area contributed by atoms with Gasteiger partial charge in [-0.2, -0.15) is 0 Å². The van der Waals surface area contributed by atoms with Gasteiger partial charge in [0.25, 0.3) is 0 Å². The second kappa shape index (κ2) is 18.7. The van der Waals surface area contributed by atoms with Crippen molar-refractivity contribution in [3.63, 3.8) is 0 Å². The molecule has 2 fully saturated rings. The van der Waals surface area contributed by atoms with Crippen LogP contribution < -0.4 is 15.3 Å². The molecule has 0 spiro atoms. The van der Waals surface area contributed by atoms with Crippen LogP contribution in [0.2, 0.25) is 0 Å². The number of esters is 2. The average Bonchev–Trinajstić information content (AvgIpc) is 3.95. The minimum Gasteiger partial charge on any atom is -0.506 e. The smallest absolute Gasteiger partial charge is 0.315 e. The number of anilines is 2. The summed E-state index contributed by atoms with van der Waals surface area (Å²) >= 11 is 0. The summed E-state index contributed by atoms with van der Waals surface area (Å²) in [5, 5.41) is 19.1. The molecule has 2 saturated carbocycles. The van der Waals surface area contributed by atoms with Gasteiger partial charge in [0.2, 0.25) is 17.4 Å². The summed E-state index contributed by atoms with van der Waals surface area (Å²) in [7, 11) is 0. The number of ketones is 1. The van der Waals surface area contributed by atoms with Crippen LogP contribution >= 0.6 is 0 Å². The van der Waals surface area contributed by atoms with E-state index < -0.39 is 5.78 Å². The Hall–Kier alpha value is -4.48. The van der Waals surface area contributed by atoms with E-state index in [0.717, 1.165) is 64.2 Å². The lowest BCUT2D eigenvalue weighted by Crippen LogP contribution is -2.82. The first kappa shape index (κ1) is 40.7. The molecule has 5 rings (SSSR count). The van der Waals surface area contributed by atoms with Crippen LogP contribution in [-0.2, 0) is 33.4 Å². The number of nitrogens with one attached hydrogen (secondary N) is 2. The van der Waals surface area contributed by atoms with Crippen molar-refractivity contribution in [1.82, 2.24) is 5.01 Å². The molecule has 1 unspecified atom stereocenters. The fourth-order valence-corrected chi connectivity index (χ4v) is 7.96. The molecule has 294 valence electrons. The standard InChI is InChI=1S/C42H58N4O8/c1-6-9-14-27(7-2)39(49)43-33-25-30(19-20-31(33)34-37(47)36(38(34)48)35-32(8-3)44-46(26(4)5)40(35)50)45(21-23-53-41(51)28-15-10-11-16-28)22-24-54-42(52)29-17-12-13-18-29/h19-20,25-29,47H,6-18,21-24H2,1-5H3,(H,43,49)/p+1/b36-35+. The van der Waals surface area contributed by atoms with Crippen molar-refractivity contribution in [3.8, 4) is 0 Å². The van der Waals surface area contributed by atoms with Crippen molar-refractivity contribution in [1.29, 1.82) is 0 Å². The van der Waals surface area contributed by atoms with Gasteiger partial charge < -0.3 is 24.8 Å². The SMILES string of the molecule is CCCCC(CC)C(=O)Nc1cc(N(CCOC(=O)C2CCCC2)CCOC(=O)C2CCCC2)ccc1C1=C(O)/C(=C2\C(=O)N(C(C)C)[NH+]=C2CC)C1=O. The second-order valence-corrected chi connectivity index (χ2v) is 15.3. The number of hydrazine groups is 1. The molecule has 1 aromatic carbocycles. The zero-order valence-corrected chi connectivity index (χ0v) is 32.8. The van der Waals surface area contributed by atoms with Gasteiger partial charge in [0.05, 0.1) is 47.8 Å². The lowest BCUT2D eigenvalue weighted by Gasteiger charge is -2.28. The molecule has 1 aromatic rings. The maximum atomic E-state index is 14.0. The Kier molecular flexibility index (Phi) is 14.1. The van der Waals surface area contributed by atoms with Crippen LogP contribution in [0.25, 0.3) is 5.57 Å². The number of carbonyl (C=O) groups is 5. The first-order valence-corrected chi connectivity index (χ1v) is 20.2. The molecule has 1 heterocycles. The minimum absolute atomic E-state index is 0.0229. The fourth-order valence-electron chi connectivity index (χ4n) is 7.96. The van der Waals surface area contributed by atoms with Gasteiger partial charge in [-0.25, -0.2) is 0 Å². The van der Waals surface area contributed by atoms with Crippen LogP contribution in [0.1, 0.15) is 124 Å². The van der Waals surface area contributed by atoms with Gasteiger partial charge in [-0.1, -0.05) is 59.3 Å². The van der Waals surface area contributed by atoms with E-state index in [1.54, 1.807) is 18.2 Å². The van der Waals surface area contributed by atoms with E-state index >= 15 is 0 Å². The Morgan fingerprint density at radius 3 is 2.00 bits per heavy atom. The molecule has 2 amide bonds. The number of hydrazone groups is 1. The van der Waals surface area contributed by atoms with E-state index in [-0.39, 0.29) is 83.2 Å². The van der Waals surface area contributed by atoms with Crippen molar-refractivity contribution in [2.24, 2.45) is 17.8 Å². The molecular weight excluding hydrogens is 688 g/mol. The van der Waals surface area contributed by atoms with Crippen molar-refractivity contribution >= 4 is 52.2 Å². The normalized spacial score (nSPS) is 19.7. The topological polar surface area (TPSA) is 157 Å². The number of Topliss-reactive ketones (excluding diaryl/α,β-unsaturated/α-hetero) is 1. The number of nitrogens with zero attached hydrogens (tertiary/aromatic N) is 2. The number of ether oxygens (including phenoxy) is 2. The molecule has 1 atom stereocenters. The lowest BCUT2D eigenvalue weighted by atomic mass is 9.79. The van der Waals surface area contributed by atoms with Crippen molar-refractivity contribution in [2.45, 2.75) is 124 Å².